The zero-order valence-corrected chi connectivity index (χ0v) is 15.4. The van der Waals surface area contributed by atoms with Gasteiger partial charge in [0.05, 0.1) is 6.04 Å². The van der Waals surface area contributed by atoms with Crippen molar-refractivity contribution in [2.75, 3.05) is 6.54 Å². The van der Waals surface area contributed by atoms with Crippen LogP contribution in [0.4, 0.5) is 0 Å². The van der Waals surface area contributed by atoms with Gasteiger partial charge in [-0.25, -0.2) is 0 Å². The Morgan fingerprint density at radius 2 is 2.00 bits per heavy atom. The van der Waals surface area contributed by atoms with Crippen LogP contribution < -0.4 is 11.1 Å². The minimum atomic E-state index is 0.0447. The monoisotopic (exact) mass is 383 g/mol. The van der Waals surface area contributed by atoms with Gasteiger partial charge in [-0.05, 0) is 55.6 Å². The van der Waals surface area contributed by atoms with Crippen molar-refractivity contribution in [1.82, 2.24) is 10.3 Å². The second kappa shape index (κ2) is 6.36. The molecular formula is C20H22BrN3. The Morgan fingerprint density at radius 1 is 1.21 bits per heavy atom. The first-order valence-electron chi connectivity index (χ1n) is 8.46. The molecule has 124 valence electrons. The first-order valence-corrected chi connectivity index (χ1v) is 9.25. The third-order valence-corrected chi connectivity index (χ3v) is 5.46. The van der Waals surface area contributed by atoms with Crippen LogP contribution in [0, 0.1) is 6.92 Å². The predicted molar refractivity (Wildman–Crippen MR) is 103 cm³/mol. The normalized spacial score (nSPS) is 18.5. The van der Waals surface area contributed by atoms with Crippen LogP contribution in [0.5, 0.6) is 0 Å². The quantitative estimate of drug-likeness (QED) is 0.640. The molecule has 2 atom stereocenters. The van der Waals surface area contributed by atoms with Crippen molar-refractivity contribution < 1.29 is 0 Å². The molecule has 0 bridgehead atoms. The molecule has 2 heterocycles. The molecule has 3 nitrogen and oxygen atoms in total. The molecule has 0 saturated carbocycles. The number of rotatable bonds is 3. The summed E-state index contributed by atoms with van der Waals surface area (Å²) in [5, 5.41) is 4.93. The number of hydrogen-bond donors (Lipinski definition) is 3. The smallest absolute Gasteiger partial charge is 0.0632 e. The van der Waals surface area contributed by atoms with Gasteiger partial charge in [-0.3, -0.25) is 0 Å². The summed E-state index contributed by atoms with van der Waals surface area (Å²) in [6, 6.07) is 15.3. The number of nitrogens with one attached hydrogen (secondary N) is 2. The van der Waals surface area contributed by atoms with Crippen molar-refractivity contribution in [2.24, 2.45) is 5.73 Å². The zero-order valence-electron chi connectivity index (χ0n) is 13.8. The van der Waals surface area contributed by atoms with Gasteiger partial charge in [0.15, 0.2) is 0 Å². The van der Waals surface area contributed by atoms with Crippen LogP contribution in [-0.2, 0) is 12.8 Å². The highest BCUT2D eigenvalue weighted by atomic mass is 79.9. The average Bonchev–Trinajstić information content (AvgIpc) is 2.95. The molecule has 4 rings (SSSR count). The van der Waals surface area contributed by atoms with Crippen LogP contribution in [0.25, 0.3) is 10.9 Å². The first kappa shape index (κ1) is 15.9. The summed E-state index contributed by atoms with van der Waals surface area (Å²) in [4.78, 5) is 3.61. The Labute approximate surface area is 150 Å². The zero-order chi connectivity index (χ0) is 16.7. The van der Waals surface area contributed by atoms with Crippen molar-refractivity contribution >= 4 is 26.8 Å². The van der Waals surface area contributed by atoms with E-state index >= 15 is 0 Å². The fraction of sp³-hybridized carbons (Fsp3) is 0.300. The number of aromatic amines is 1. The van der Waals surface area contributed by atoms with E-state index in [1.54, 1.807) is 0 Å². The number of benzene rings is 2. The van der Waals surface area contributed by atoms with E-state index < -0.39 is 0 Å². The third kappa shape index (κ3) is 2.90. The Kier molecular flexibility index (Phi) is 4.21. The maximum Gasteiger partial charge on any atom is 0.0632 e. The Bertz CT molecular complexity index is 866. The summed E-state index contributed by atoms with van der Waals surface area (Å²) >= 11 is 3.58. The van der Waals surface area contributed by atoms with E-state index in [2.05, 4.69) is 75.6 Å². The van der Waals surface area contributed by atoms with E-state index in [-0.39, 0.29) is 12.1 Å². The Morgan fingerprint density at radius 3 is 2.79 bits per heavy atom. The molecule has 4 heteroatoms. The number of H-pyrrole nitrogens is 1. The van der Waals surface area contributed by atoms with Gasteiger partial charge in [-0.1, -0.05) is 45.8 Å². The fourth-order valence-electron chi connectivity index (χ4n) is 3.71. The molecule has 0 aliphatic carbocycles. The van der Waals surface area contributed by atoms with Crippen LogP contribution in [-0.4, -0.2) is 17.6 Å². The van der Waals surface area contributed by atoms with Crippen molar-refractivity contribution in [2.45, 2.75) is 31.8 Å². The van der Waals surface area contributed by atoms with Gasteiger partial charge in [0.1, 0.15) is 0 Å². The van der Waals surface area contributed by atoms with E-state index in [1.165, 1.54) is 33.3 Å². The number of aryl methyl sites for hydroxylation is 1. The number of hydrogen-bond acceptors (Lipinski definition) is 2. The predicted octanol–water partition coefficient (Wildman–Crippen LogP) is 4.00. The van der Waals surface area contributed by atoms with Crippen LogP contribution >= 0.6 is 15.9 Å². The van der Waals surface area contributed by atoms with E-state index in [0.29, 0.717) is 0 Å². The van der Waals surface area contributed by atoms with E-state index in [1.807, 2.05) is 0 Å². The lowest BCUT2D eigenvalue weighted by Crippen LogP contribution is -2.43. The molecule has 0 unspecified atom stereocenters. The van der Waals surface area contributed by atoms with Gasteiger partial charge in [0, 0.05) is 27.1 Å². The number of halogens is 1. The fourth-order valence-corrected chi connectivity index (χ4v) is 4.07. The number of aromatic nitrogens is 1. The van der Waals surface area contributed by atoms with E-state index in [4.69, 9.17) is 5.73 Å². The van der Waals surface area contributed by atoms with Crippen LogP contribution in [0.15, 0.2) is 46.9 Å². The minimum absolute atomic E-state index is 0.0447. The van der Waals surface area contributed by atoms with Crippen LogP contribution in [0.2, 0.25) is 0 Å². The molecule has 2 aromatic carbocycles. The molecule has 24 heavy (non-hydrogen) atoms. The Hall–Kier alpha value is -1.62. The molecule has 4 N–H and O–H groups in total. The van der Waals surface area contributed by atoms with Gasteiger partial charge in [-0.15, -0.1) is 0 Å². The SMILES string of the molecule is Cc1ccc(C[C@H](N)[C@@H]2NCCc3c2[nH]c2ccc(Br)cc32)cc1. The average molecular weight is 384 g/mol. The van der Waals surface area contributed by atoms with Gasteiger partial charge >= 0.3 is 0 Å². The lowest BCUT2D eigenvalue weighted by molar-refractivity contribution is 0.415. The maximum absolute atomic E-state index is 6.59. The summed E-state index contributed by atoms with van der Waals surface area (Å²) in [5.74, 6) is 0. The molecule has 0 radical (unpaired) electrons. The standard InChI is InChI=1S/C20H22BrN3/c1-12-2-4-13(5-3-12)10-17(22)20-19-15(8-9-23-20)16-11-14(21)6-7-18(16)24-19/h2-7,11,17,20,23-24H,8-10,22H2,1H3/t17-,20-/m0/s1. The lowest BCUT2D eigenvalue weighted by Gasteiger charge is -2.29. The highest BCUT2D eigenvalue weighted by Gasteiger charge is 2.28. The third-order valence-electron chi connectivity index (χ3n) is 4.97. The largest absolute Gasteiger partial charge is 0.357 e. The second-order valence-electron chi connectivity index (χ2n) is 6.74. The van der Waals surface area contributed by atoms with Gasteiger partial charge in [-0.2, -0.15) is 0 Å². The minimum Gasteiger partial charge on any atom is -0.357 e. The molecular weight excluding hydrogens is 362 g/mol. The number of fused-ring (bicyclic) bond motifs is 3. The molecule has 3 aromatic rings. The topological polar surface area (TPSA) is 53.8 Å². The second-order valence-corrected chi connectivity index (χ2v) is 7.66. The summed E-state index contributed by atoms with van der Waals surface area (Å²) in [6.07, 6.45) is 1.91. The van der Waals surface area contributed by atoms with Crippen molar-refractivity contribution in [3.8, 4) is 0 Å². The molecule has 1 aliphatic heterocycles. The summed E-state index contributed by atoms with van der Waals surface area (Å²) in [5.41, 5.74) is 13.0. The molecule has 0 fully saturated rings. The van der Waals surface area contributed by atoms with Crippen LogP contribution in [0.3, 0.4) is 0 Å². The number of nitrogens with two attached hydrogens (primary N) is 1. The van der Waals surface area contributed by atoms with E-state index in [0.717, 1.165) is 23.9 Å². The summed E-state index contributed by atoms with van der Waals surface area (Å²) < 4.78 is 1.12. The molecule has 1 aromatic heterocycles. The van der Waals surface area contributed by atoms with Crippen LogP contribution in [0.1, 0.15) is 28.4 Å². The highest BCUT2D eigenvalue weighted by Crippen LogP contribution is 2.33. The Balaban J connectivity index is 1.65. The van der Waals surface area contributed by atoms with Crippen molar-refractivity contribution in [3.05, 3.63) is 69.3 Å². The molecule has 0 saturated heterocycles. The highest BCUT2D eigenvalue weighted by molar-refractivity contribution is 9.10. The van der Waals surface area contributed by atoms with Gasteiger partial charge < -0.3 is 16.0 Å². The molecule has 0 spiro atoms. The van der Waals surface area contributed by atoms with Gasteiger partial charge in [0.2, 0.25) is 0 Å². The summed E-state index contributed by atoms with van der Waals surface area (Å²) in [7, 11) is 0. The molecule has 1 aliphatic rings. The van der Waals surface area contributed by atoms with Crippen molar-refractivity contribution in [1.29, 1.82) is 0 Å². The lowest BCUT2D eigenvalue weighted by atomic mass is 9.91. The summed E-state index contributed by atoms with van der Waals surface area (Å²) in [6.45, 7) is 3.08. The van der Waals surface area contributed by atoms with E-state index in [9.17, 15) is 0 Å². The van der Waals surface area contributed by atoms with Crippen molar-refractivity contribution in [3.63, 3.8) is 0 Å². The van der Waals surface area contributed by atoms with Gasteiger partial charge in [0.25, 0.3) is 0 Å². The molecule has 0 amide bonds. The maximum atomic E-state index is 6.59. The first-order chi connectivity index (χ1) is 11.6.